The third kappa shape index (κ3) is 8.79. The number of ether oxygens (including phenoxy) is 1. The second kappa shape index (κ2) is 9.99. The second-order valence-electron chi connectivity index (χ2n) is 5.74. The largest absolute Gasteiger partial charge is 0.462 e. The molecule has 0 aromatic rings. The minimum atomic E-state index is -0.343. The molecule has 110 valence electrons. The summed E-state index contributed by atoms with van der Waals surface area (Å²) in [5.41, 5.74) is 0. The lowest BCUT2D eigenvalue weighted by atomic mass is 10.0. The first-order valence-electron chi connectivity index (χ1n) is 7.89. The highest BCUT2D eigenvalue weighted by molar-refractivity contribution is 5.95. The number of hydrogen-bond acceptors (Lipinski definition) is 3. The minimum Gasteiger partial charge on any atom is -0.462 e. The molecule has 1 heterocycles. The summed E-state index contributed by atoms with van der Waals surface area (Å²) in [5.74, 6) is -0.311. The van der Waals surface area contributed by atoms with Crippen molar-refractivity contribution in [2.75, 3.05) is 0 Å². The predicted octanol–water partition coefficient (Wildman–Crippen LogP) is 4.18. The molecule has 0 amide bonds. The van der Waals surface area contributed by atoms with Gasteiger partial charge in [-0.3, -0.25) is 9.59 Å². The zero-order chi connectivity index (χ0) is 13.9. The molecule has 0 spiro atoms. The van der Waals surface area contributed by atoms with Gasteiger partial charge in [-0.15, -0.1) is 0 Å². The Hall–Kier alpha value is -0.860. The number of Topliss-reactive ketones (excluding diaryl/α,β-unsaturated/α-hetero) is 1. The van der Waals surface area contributed by atoms with Crippen LogP contribution in [0.2, 0.25) is 0 Å². The molecule has 1 aliphatic rings. The van der Waals surface area contributed by atoms with E-state index in [1.165, 1.54) is 38.5 Å². The van der Waals surface area contributed by atoms with E-state index in [1.54, 1.807) is 0 Å². The Labute approximate surface area is 117 Å². The lowest BCUT2D eigenvalue weighted by Crippen LogP contribution is -2.17. The van der Waals surface area contributed by atoms with E-state index in [-0.39, 0.29) is 24.3 Å². The lowest BCUT2D eigenvalue weighted by Gasteiger charge is -2.13. The molecule has 3 nitrogen and oxygen atoms in total. The number of esters is 1. The molecule has 0 radical (unpaired) electrons. The molecule has 0 N–H and O–H groups in total. The van der Waals surface area contributed by atoms with Gasteiger partial charge in [-0.05, 0) is 26.2 Å². The van der Waals surface area contributed by atoms with Gasteiger partial charge in [0.1, 0.15) is 12.2 Å². The number of carbonyl (C=O) groups excluding carboxylic acids is 2. The smallest absolute Gasteiger partial charge is 0.313 e. The van der Waals surface area contributed by atoms with Crippen LogP contribution in [0.3, 0.4) is 0 Å². The molecule has 0 bridgehead atoms. The van der Waals surface area contributed by atoms with Crippen molar-refractivity contribution in [2.45, 2.75) is 90.1 Å². The van der Waals surface area contributed by atoms with Crippen molar-refractivity contribution in [3.63, 3.8) is 0 Å². The second-order valence-corrected chi connectivity index (χ2v) is 5.74. The van der Waals surface area contributed by atoms with E-state index in [2.05, 4.69) is 0 Å². The Kier molecular flexibility index (Phi) is 8.52. The normalized spacial score (nSPS) is 25.8. The van der Waals surface area contributed by atoms with Crippen LogP contribution in [0.4, 0.5) is 0 Å². The molecule has 1 atom stereocenters. The molecule has 1 saturated heterocycles. The van der Waals surface area contributed by atoms with E-state index in [4.69, 9.17) is 4.74 Å². The third-order valence-corrected chi connectivity index (χ3v) is 3.74. The molecule has 1 unspecified atom stereocenters. The van der Waals surface area contributed by atoms with Gasteiger partial charge < -0.3 is 4.74 Å². The van der Waals surface area contributed by atoms with E-state index < -0.39 is 0 Å². The van der Waals surface area contributed by atoms with Crippen LogP contribution in [0.25, 0.3) is 0 Å². The van der Waals surface area contributed by atoms with Crippen molar-refractivity contribution in [3.05, 3.63) is 0 Å². The molecule has 19 heavy (non-hydrogen) atoms. The molecule has 1 fully saturated rings. The van der Waals surface area contributed by atoms with Gasteiger partial charge in [0.05, 0.1) is 6.10 Å². The molecular formula is C16H28O3. The van der Waals surface area contributed by atoms with Gasteiger partial charge >= 0.3 is 5.97 Å². The van der Waals surface area contributed by atoms with Gasteiger partial charge in [-0.2, -0.15) is 0 Å². The number of cyclic esters (lactones) is 1. The van der Waals surface area contributed by atoms with Crippen molar-refractivity contribution < 1.29 is 14.3 Å². The highest BCUT2D eigenvalue weighted by atomic mass is 16.5. The Morgan fingerprint density at radius 3 is 2.00 bits per heavy atom. The monoisotopic (exact) mass is 268 g/mol. The Morgan fingerprint density at radius 2 is 1.37 bits per heavy atom. The average molecular weight is 268 g/mol. The van der Waals surface area contributed by atoms with Crippen LogP contribution in [-0.4, -0.2) is 17.9 Å². The summed E-state index contributed by atoms with van der Waals surface area (Å²) < 4.78 is 5.26. The quantitative estimate of drug-likeness (QED) is 0.489. The van der Waals surface area contributed by atoms with Gasteiger partial charge in [-0.1, -0.05) is 44.9 Å². The highest BCUT2D eigenvalue weighted by Crippen LogP contribution is 2.14. The zero-order valence-corrected chi connectivity index (χ0v) is 12.3. The first-order chi connectivity index (χ1) is 9.18. The maximum Gasteiger partial charge on any atom is 0.313 e. The van der Waals surface area contributed by atoms with E-state index >= 15 is 0 Å². The average Bonchev–Trinajstić information content (AvgIpc) is 2.34. The topological polar surface area (TPSA) is 43.4 Å². The van der Waals surface area contributed by atoms with Crippen LogP contribution in [0.5, 0.6) is 0 Å². The van der Waals surface area contributed by atoms with E-state index in [0.717, 1.165) is 25.7 Å². The molecule has 1 aliphatic heterocycles. The van der Waals surface area contributed by atoms with Gasteiger partial charge in [0.25, 0.3) is 0 Å². The van der Waals surface area contributed by atoms with Crippen LogP contribution < -0.4 is 0 Å². The van der Waals surface area contributed by atoms with Gasteiger partial charge in [0, 0.05) is 6.42 Å². The van der Waals surface area contributed by atoms with Crippen LogP contribution in [0.1, 0.15) is 84.0 Å². The summed E-state index contributed by atoms with van der Waals surface area (Å²) in [5, 5.41) is 0. The summed E-state index contributed by atoms with van der Waals surface area (Å²) in [4.78, 5) is 23.1. The number of ketones is 1. The predicted molar refractivity (Wildman–Crippen MR) is 76.0 cm³/mol. The fraction of sp³-hybridized carbons (Fsp3) is 0.875. The van der Waals surface area contributed by atoms with E-state index in [9.17, 15) is 9.59 Å². The molecule has 1 rings (SSSR count). The molecule has 0 aliphatic carbocycles. The summed E-state index contributed by atoms with van der Waals surface area (Å²) in [6.45, 7) is 1.92. The van der Waals surface area contributed by atoms with Crippen molar-refractivity contribution in [1.29, 1.82) is 0 Å². The zero-order valence-electron chi connectivity index (χ0n) is 12.3. The first-order valence-corrected chi connectivity index (χ1v) is 7.89. The number of hydrogen-bond donors (Lipinski definition) is 0. The first kappa shape index (κ1) is 16.2. The number of rotatable bonds is 0. The highest BCUT2D eigenvalue weighted by Gasteiger charge is 2.14. The SMILES string of the molecule is CC1CCCCCCCCCCCC(=O)CC(=O)O1. The summed E-state index contributed by atoms with van der Waals surface area (Å²) in [6, 6.07) is 0. The molecule has 3 heteroatoms. The van der Waals surface area contributed by atoms with Crippen molar-refractivity contribution in [1.82, 2.24) is 0 Å². The van der Waals surface area contributed by atoms with Crippen LogP contribution >= 0.6 is 0 Å². The van der Waals surface area contributed by atoms with Crippen molar-refractivity contribution >= 4 is 11.8 Å². The van der Waals surface area contributed by atoms with E-state index in [0.29, 0.717) is 6.42 Å². The van der Waals surface area contributed by atoms with Crippen molar-refractivity contribution in [2.24, 2.45) is 0 Å². The van der Waals surface area contributed by atoms with Gasteiger partial charge in [-0.25, -0.2) is 0 Å². The van der Waals surface area contributed by atoms with Crippen LogP contribution in [-0.2, 0) is 14.3 Å². The Bertz CT molecular complexity index is 273. The molecule has 0 aromatic carbocycles. The standard InChI is InChI=1S/C16H28O3/c1-14-11-9-7-5-3-2-4-6-8-10-12-15(17)13-16(18)19-14/h14H,2-13H2,1H3. The van der Waals surface area contributed by atoms with E-state index in [1.807, 2.05) is 6.92 Å². The maximum atomic E-state index is 11.6. The summed E-state index contributed by atoms with van der Waals surface area (Å²) >= 11 is 0. The van der Waals surface area contributed by atoms with Crippen LogP contribution in [0.15, 0.2) is 0 Å². The minimum absolute atomic E-state index is 0.0318. The third-order valence-electron chi connectivity index (χ3n) is 3.74. The Morgan fingerprint density at radius 1 is 0.842 bits per heavy atom. The molecular weight excluding hydrogens is 240 g/mol. The van der Waals surface area contributed by atoms with Crippen LogP contribution in [0, 0.1) is 0 Å². The lowest BCUT2D eigenvalue weighted by molar-refractivity contribution is -0.150. The summed E-state index contributed by atoms with van der Waals surface area (Å²) in [7, 11) is 0. The molecule has 0 aromatic heterocycles. The van der Waals surface area contributed by atoms with Crippen molar-refractivity contribution in [3.8, 4) is 0 Å². The maximum absolute atomic E-state index is 11.6. The van der Waals surface area contributed by atoms with Gasteiger partial charge in [0.15, 0.2) is 0 Å². The summed E-state index contributed by atoms with van der Waals surface area (Å²) in [6.07, 6.45) is 12.1. The fourth-order valence-corrected chi connectivity index (χ4v) is 2.57. The van der Waals surface area contributed by atoms with Gasteiger partial charge in [0.2, 0.25) is 0 Å². The Balaban J connectivity index is 2.33. The molecule has 0 saturated carbocycles. The fourth-order valence-electron chi connectivity index (χ4n) is 2.57. The number of carbonyl (C=O) groups is 2.